The zero-order valence-corrected chi connectivity index (χ0v) is 16.1. The van der Waals surface area contributed by atoms with Gasteiger partial charge in [-0.3, -0.25) is 9.78 Å². The molecule has 0 unspecified atom stereocenters. The fraction of sp³-hybridized carbons (Fsp3) is 0.550. The first-order valence-corrected chi connectivity index (χ1v) is 9.46. The van der Waals surface area contributed by atoms with Gasteiger partial charge in [0.2, 0.25) is 5.91 Å². The zero-order valence-electron chi connectivity index (χ0n) is 16.1. The molecule has 7 heteroatoms. The molecule has 2 aromatic rings. The van der Waals surface area contributed by atoms with E-state index in [2.05, 4.69) is 21.5 Å². The molecule has 1 amide bonds. The Bertz CT molecular complexity index is 724. The van der Waals surface area contributed by atoms with E-state index in [1.807, 2.05) is 29.4 Å². The molecule has 7 nitrogen and oxygen atoms in total. The summed E-state index contributed by atoms with van der Waals surface area (Å²) in [6.45, 7) is 5.68. The van der Waals surface area contributed by atoms with Gasteiger partial charge in [-0.1, -0.05) is 0 Å². The van der Waals surface area contributed by atoms with E-state index in [9.17, 15) is 4.79 Å². The molecule has 0 N–H and O–H groups in total. The highest BCUT2D eigenvalue weighted by molar-refractivity contribution is 5.77. The van der Waals surface area contributed by atoms with E-state index in [-0.39, 0.29) is 12.5 Å². The fourth-order valence-corrected chi connectivity index (χ4v) is 3.43. The minimum Gasteiger partial charge on any atom is -0.382 e. The van der Waals surface area contributed by atoms with Gasteiger partial charge in [0, 0.05) is 56.6 Å². The molecule has 3 heterocycles. The number of likely N-dealkylation sites (tertiary alicyclic amines) is 1. The minimum absolute atomic E-state index is 0.0689. The lowest BCUT2D eigenvalue weighted by molar-refractivity contribution is -0.138. The van der Waals surface area contributed by atoms with Crippen LogP contribution in [-0.4, -0.2) is 65.4 Å². The molecule has 146 valence electrons. The zero-order chi connectivity index (χ0) is 19.1. The van der Waals surface area contributed by atoms with E-state index >= 15 is 0 Å². The largest absolute Gasteiger partial charge is 0.382 e. The summed E-state index contributed by atoms with van der Waals surface area (Å²) in [6.07, 6.45) is 7.53. The average molecular weight is 372 g/mol. The Morgan fingerprint density at radius 1 is 1.26 bits per heavy atom. The van der Waals surface area contributed by atoms with Crippen LogP contribution in [0.4, 0.5) is 0 Å². The lowest BCUT2D eigenvalue weighted by atomic mass is 9.96. The highest BCUT2D eigenvalue weighted by atomic mass is 16.5. The highest BCUT2D eigenvalue weighted by Crippen LogP contribution is 2.24. The summed E-state index contributed by atoms with van der Waals surface area (Å²) in [6, 6.07) is 3.97. The number of carbonyl (C=O) groups excluding carboxylic acids is 1. The number of hydrogen-bond acceptors (Lipinski definition) is 5. The van der Waals surface area contributed by atoms with E-state index < -0.39 is 0 Å². The second-order valence-electron chi connectivity index (χ2n) is 6.95. The van der Waals surface area contributed by atoms with Gasteiger partial charge in [-0.2, -0.15) is 0 Å². The molecule has 1 fully saturated rings. The van der Waals surface area contributed by atoms with Crippen LogP contribution in [0.5, 0.6) is 0 Å². The number of imidazole rings is 1. The topological polar surface area (TPSA) is 69.5 Å². The molecular formula is C20H28N4O3. The van der Waals surface area contributed by atoms with Crippen LogP contribution in [0.15, 0.2) is 30.7 Å². The number of ether oxygens (including phenoxy) is 2. The van der Waals surface area contributed by atoms with Crippen molar-refractivity contribution in [2.24, 2.45) is 5.92 Å². The highest BCUT2D eigenvalue weighted by Gasteiger charge is 2.24. The van der Waals surface area contributed by atoms with Gasteiger partial charge < -0.3 is 18.9 Å². The Morgan fingerprint density at radius 3 is 2.78 bits per heavy atom. The van der Waals surface area contributed by atoms with Crippen LogP contribution < -0.4 is 0 Å². The number of nitrogens with zero attached hydrogens (tertiary/aromatic N) is 4. The van der Waals surface area contributed by atoms with Gasteiger partial charge in [0.1, 0.15) is 12.4 Å². The molecule has 0 aromatic carbocycles. The number of aromatic nitrogens is 3. The van der Waals surface area contributed by atoms with Gasteiger partial charge in [-0.05, 0) is 37.8 Å². The summed E-state index contributed by atoms with van der Waals surface area (Å²) in [5, 5.41) is 0. The average Bonchev–Trinajstić information content (AvgIpc) is 3.07. The molecule has 1 saturated heterocycles. The summed E-state index contributed by atoms with van der Waals surface area (Å²) in [7, 11) is 1.62. The Labute approximate surface area is 160 Å². The Morgan fingerprint density at radius 2 is 2.07 bits per heavy atom. The minimum atomic E-state index is 0.0689. The summed E-state index contributed by atoms with van der Waals surface area (Å²) in [5.41, 5.74) is 2.19. The van der Waals surface area contributed by atoms with Crippen molar-refractivity contribution in [1.29, 1.82) is 0 Å². The van der Waals surface area contributed by atoms with Crippen molar-refractivity contribution in [3.63, 3.8) is 0 Å². The number of aryl methyl sites for hydroxylation is 1. The standard InChI is InChI=1S/C20H28N4O3/c1-16-12-22-20(18-4-3-7-21-13-18)24(16)14-17-5-8-23(9-6-17)19(25)15-27-11-10-26-2/h3-4,7,12-13,17H,5-6,8-11,14-15H2,1-2H3. The lowest BCUT2D eigenvalue weighted by Gasteiger charge is -2.32. The molecule has 0 aliphatic carbocycles. The predicted octanol–water partition coefficient (Wildman–Crippen LogP) is 2.16. The van der Waals surface area contributed by atoms with Crippen LogP contribution in [0.25, 0.3) is 11.4 Å². The van der Waals surface area contributed by atoms with E-state index in [0.717, 1.165) is 49.6 Å². The number of amides is 1. The molecule has 0 radical (unpaired) electrons. The third-order valence-corrected chi connectivity index (χ3v) is 5.04. The monoisotopic (exact) mass is 372 g/mol. The van der Waals surface area contributed by atoms with E-state index in [4.69, 9.17) is 9.47 Å². The SMILES string of the molecule is COCCOCC(=O)N1CCC(Cn2c(C)cnc2-c2cccnc2)CC1. The van der Waals surface area contributed by atoms with Crippen molar-refractivity contribution in [2.75, 3.05) is 40.0 Å². The van der Waals surface area contributed by atoms with Crippen LogP contribution in [0.2, 0.25) is 0 Å². The van der Waals surface area contributed by atoms with Gasteiger partial charge in [0.25, 0.3) is 0 Å². The number of methoxy groups -OCH3 is 1. The molecule has 1 aliphatic heterocycles. The maximum atomic E-state index is 12.2. The number of carbonyl (C=O) groups is 1. The number of hydrogen-bond donors (Lipinski definition) is 0. The second-order valence-corrected chi connectivity index (χ2v) is 6.95. The van der Waals surface area contributed by atoms with Gasteiger partial charge in [-0.15, -0.1) is 0 Å². The van der Waals surface area contributed by atoms with Crippen molar-refractivity contribution >= 4 is 5.91 Å². The molecule has 0 spiro atoms. The normalized spacial score (nSPS) is 15.3. The van der Waals surface area contributed by atoms with Gasteiger partial charge in [0.15, 0.2) is 0 Å². The third kappa shape index (κ3) is 5.14. The molecule has 0 saturated carbocycles. The van der Waals surface area contributed by atoms with Gasteiger partial charge in [-0.25, -0.2) is 4.98 Å². The molecule has 3 rings (SSSR count). The second kappa shape index (κ2) is 9.62. The summed E-state index contributed by atoms with van der Waals surface area (Å²) in [4.78, 5) is 22.9. The molecule has 0 bridgehead atoms. The van der Waals surface area contributed by atoms with Gasteiger partial charge >= 0.3 is 0 Å². The summed E-state index contributed by atoms with van der Waals surface area (Å²) >= 11 is 0. The van der Waals surface area contributed by atoms with Crippen LogP contribution >= 0.6 is 0 Å². The van der Waals surface area contributed by atoms with Crippen molar-refractivity contribution < 1.29 is 14.3 Å². The predicted molar refractivity (Wildman–Crippen MR) is 102 cm³/mol. The molecule has 0 atom stereocenters. The first-order chi connectivity index (χ1) is 13.2. The number of pyridine rings is 1. The molecular weight excluding hydrogens is 344 g/mol. The van der Waals surface area contributed by atoms with Crippen LogP contribution in [-0.2, 0) is 20.8 Å². The van der Waals surface area contributed by atoms with Crippen LogP contribution in [0.1, 0.15) is 18.5 Å². The first-order valence-electron chi connectivity index (χ1n) is 9.46. The van der Waals surface area contributed by atoms with Crippen molar-refractivity contribution in [1.82, 2.24) is 19.4 Å². The first kappa shape index (κ1) is 19.5. The number of piperidine rings is 1. The maximum absolute atomic E-state index is 12.2. The fourth-order valence-electron chi connectivity index (χ4n) is 3.43. The quantitative estimate of drug-likeness (QED) is 0.664. The Balaban J connectivity index is 1.53. The van der Waals surface area contributed by atoms with E-state index in [1.54, 1.807) is 13.3 Å². The van der Waals surface area contributed by atoms with Crippen molar-refractivity contribution in [2.45, 2.75) is 26.3 Å². The van der Waals surface area contributed by atoms with Gasteiger partial charge in [0.05, 0.1) is 13.2 Å². The summed E-state index contributed by atoms with van der Waals surface area (Å²) < 4.78 is 12.5. The van der Waals surface area contributed by atoms with E-state index in [0.29, 0.717) is 19.1 Å². The molecule has 2 aromatic heterocycles. The molecule has 1 aliphatic rings. The van der Waals surface area contributed by atoms with Crippen LogP contribution in [0, 0.1) is 12.8 Å². The van der Waals surface area contributed by atoms with Crippen molar-refractivity contribution in [3.05, 3.63) is 36.4 Å². The van der Waals surface area contributed by atoms with E-state index in [1.165, 1.54) is 0 Å². The smallest absolute Gasteiger partial charge is 0.248 e. The number of rotatable bonds is 8. The lowest BCUT2D eigenvalue weighted by Crippen LogP contribution is -2.41. The molecule has 27 heavy (non-hydrogen) atoms. The Hall–Kier alpha value is -2.25. The van der Waals surface area contributed by atoms with Crippen LogP contribution in [0.3, 0.4) is 0 Å². The van der Waals surface area contributed by atoms with Crippen molar-refractivity contribution in [3.8, 4) is 11.4 Å². The summed E-state index contributed by atoms with van der Waals surface area (Å²) in [5.74, 6) is 1.57. The third-order valence-electron chi connectivity index (χ3n) is 5.04. The Kier molecular flexibility index (Phi) is 6.95. The maximum Gasteiger partial charge on any atom is 0.248 e.